The maximum absolute atomic E-state index is 12.7. The molecule has 0 amide bonds. The summed E-state index contributed by atoms with van der Waals surface area (Å²) in [4.78, 5) is -0.299. The summed E-state index contributed by atoms with van der Waals surface area (Å²) in [6.45, 7) is 0.728. The van der Waals surface area contributed by atoms with Crippen LogP contribution in [0.5, 0.6) is 0 Å². The van der Waals surface area contributed by atoms with Crippen LogP contribution in [-0.2, 0) is 16.6 Å². The Morgan fingerprint density at radius 3 is 2.16 bits per heavy atom. The maximum atomic E-state index is 12.7. The minimum atomic E-state index is -4.60. The summed E-state index contributed by atoms with van der Waals surface area (Å²) < 4.78 is 34.0. The third-order valence-electron chi connectivity index (χ3n) is 2.72. The van der Waals surface area contributed by atoms with Gasteiger partial charge in [0, 0.05) is 12.2 Å². The minimum absolute atomic E-state index is 0.299. The first-order chi connectivity index (χ1) is 9.05. The first kappa shape index (κ1) is 13.5. The van der Waals surface area contributed by atoms with Crippen molar-refractivity contribution in [1.82, 2.24) is 0 Å². The van der Waals surface area contributed by atoms with Crippen molar-refractivity contribution in [3.63, 3.8) is 0 Å². The lowest BCUT2D eigenvalue weighted by molar-refractivity contribution is 0.552. The smallest absolute Gasteiger partial charge is 0.332 e. The van der Waals surface area contributed by atoms with E-state index >= 15 is 0 Å². The minimum Gasteiger partial charge on any atom is -0.385 e. The predicted octanol–water partition coefficient (Wildman–Crippen LogP) is 3.00. The lowest BCUT2D eigenvalue weighted by Crippen LogP contribution is -2.04. The molecule has 0 heterocycles. The van der Waals surface area contributed by atoms with E-state index in [1.54, 1.807) is 12.1 Å². The Morgan fingerprint density at radius 1 is 0.947 bits per heavy atom. The van der Waals surface area contributed by atoms with Gasteiger partial charge < -0.3 is 5.32 Å². The first-order valence-electron chi connectivity index (χ1n) is 5.88. The summed E-state index contributed by atoms with van der Waals surface area (Å²) >= 11 is 0. The molecule has 100 valence electrons. The summed E-state index contributed by atoms with van der Waals surface area (Å²) in [5.74, 6) is 0. The number of nitrogens with one attached hydrogen (secondary N) is 1. The molecule has 0 saturated heterocycles. The monoisotopic (exact) mass is 279 g/mol. The van der Waals surface area contributed by atoms with Crippen molar-refractivity contribution >= 4 is 15.9 Å². The van der Waals surface area contributed by atoms with Crippen LogP contribution in [0.2, 0.25) is 0 Å². The molecule has 0 saturated carbocycles. The van der Waals surface area contributed by atoms with Gasteiger partial charge in [-0.2, -0.15) is 8.42 Å². The molecular formula is C14H14FNO2S. The average Bonchev–Trinajstić information content (AvgIpc) is 2.39. The topological polar surface area (TPSA) is 46.2 Å². The molecule has 0 unspecified atom stereocenters. The van der Waals surface area contributed by atoms with E-state index in [9.17, 15) is 12.3 Å². The third-order valence-corrected chi connectivity index (χ3v) is 3.56. The van der Waals surface area contributed by atoms with Gasteiger partial charge in [-0.25, -0.2) is 0 Å². The second-order valence-corrected chi connectivity index (χ2v) is 5.47. The molecule has 0 spiro atoms. The van der Waals surface area contributed by atoms with Crippen molar-refractivity contribution in [3.05, 3.63) is 60.2 Å². The molecule has 2 rings (SSSR count). The second kappa shape index (κ2) is 5.84. The summed E-state index contributed by atoms with van der Waals surface area (Å²) in [5.41, 5.74) is 1.99. The zero-order valence-electron chi connectivity index (χ0n) is 10.2. The quantitative estimate of drug-likeness (QED) is 0.856. The fourth-order valence-electron chi connectivity index (χ4n) is 1.73. The second-order valence-electron chi connectivity index (χ2n) is 4.12. The van der Waals surface area contributed by atoms with Crippen molar-refractivity contribution in [2.75, 3.05) is 11.9 Å². The fourth-order valence-corrected chi connectivity index (χ4v) is 2.19. The van der Waals surface area contributed by atoms with E-state index in [2.05, 4.69) is 5.32 Å². The lowest BCUT2D eigenvalue weighted by atomic mass is 10.1. The van der Waals surface area contributed by atoms with Gasteiger partial charge in [-0.05, 0) is 36.2 Å². The van der Waals surface area contributed by atoms with Gasteiger partial charge in [0.05, 0.1) is 4.90 Å². The molecule has 1 N–H and O–H groups in total. The van der Waals surface area contributed by atoms with E-state index < -0.39 is 10.2 Å². The van der Waals surface area contributed by atoms with Gasteiger partial charge in [0.1, 0.15) is 0 Å². The Labute approximate surface area is 112 Å². The molecule has 0 aliphatic carbocycles. The highest BCUT2D eigenvalue weighted by Crippen LogP contribution is 2.13. The predicted molar refractivity (Wildman–Crippen MR) is 73.4 cm³/mol. The molecule has 2 aromatic rings. The van der Waals surface area contributed by atoms with Crippen LogP contribution in [0.25, 0.3) is 0 Å². The van der Waals surface area contributed by atoms with Gasteiger partial charge >= 0.3 is 10.2 Å². The largest absolute Gasteiger partial charge is 0.385 e. The number of para-hydroxylation sites is 1. The lowest BCUT2D eigenvalue weighted by Gasteiger charge is -2.06. The number of benzene rings is 2. The van der Waals surface area contributed by atoms with Crippen LogP contribution >= 0.6 is 0 Å². The van der Waals surface area contributed by atoms with E-state index in [-0.39, 0.29) is 4.90 Å². The van der Waals surface area contributed by atoms with Crippen molar-refractivity contribution in [1.29, 1.82) is 0 Å². The molecule has 0 fully saturated rings. The summed E-state index contributed by atoms with van der Waals surface area (Å²) in [5, 5.41) is 3.25. The van der Waals surface area contributed by atoms with Crippen LogP contribution in [0.3, 0.4) is 0 Å². The highest BCUT2D eigenvalue weighted by atomic mass is 32.3. The van der Waals surface area contributed by atoms with Crippen molar-refractivity contribution in [3.8, 4) is 0 Å². The SMILES string of the molecule is O=S(=O)(F)c1ccc(CCNc2ccccc2)cc1. The van der Waals surface area contributed by atoms with Gasteiger partial charge in [0.15, 0.2) is 0 Å². The third kappa shape index (κ3) is 4.06. The highest BCUT2D eigenvalue weighted by Gasteiger charge is 2.10. The summed E-state index contributed by atoms with van der Waals surface area (Å²) in [7, 11) is -4.60. The zero-order valence-corrected chi connectivity index (χ0v) is 11.0. The van der Waals surface area contributed by atoms with E-state index in [0.29, 0.717) is 0 Å². The normalized spacial score (nSPS) is 11.2. The molecule has 5 heteroatoms. The van der Waals surface area contributed by atoms with E-state index in [4.69, 9.17) is 0 Å². The first-order valence-corrected chi connectivity index (χ1v) is 7.26. The molecule has 2 aromatic carbocycles. The van der Waals surface area contributed by atoms with Gasteiger partial charge in [-0.1, -0.05) is 30.3 Å². The number of halogens is 1. The summed E-state index contributed by atoms with van der Waals surface area (Å²) in [6.07, 6.45) is 0.738. The average molecular weight is 279 g/mol. The number of hydrogen-bond donors (Lipinski definition) is 1. The standard InChI is InChI=1S/C14H14FNO2S/c15-19(17,18)14-8-6-12(7-9-14)10-11-16-13-4-2-1-3-5-13/h1-9,16H,10-11H2. The van der Waals surface area contributed by atoms with E-state index in [0.717, 1.165) is 24.2 Å². The molecule has 0 atom stereocenters. The number of hydrogen-bond acceptors (Lipinski definition) is 3. The molecule has 0 aliphatic rings. The Morgan fingerprint density at radius 2 is 1.58 bits per heavy atom. The Bertz CT molecular complexity index is 624. The van der Waals surface area contributed by atoms with Crippen molar-refractivity contribution in [2.45, 2.75) is 11.3 Å². The van der Waals surface area contributed by atoms with Crippen molar-refractivity contribution in [2.24, 2.45) is 0 Å². The Balaban J connectivity index is 1.90. The number of anilines is 1. The van der Waals surface area contributed by atoms with Gasteiger partial charge in [0.25, 0.3) is 0 Å². The van der Waals surface area contributed by atoms with Crippen LogP contribution in [0.1, 0.15) is 5.56 Å². The molecule has 0 aromatic heterocycles. The molecule has 0 aliphatic heterocycles. The molecular weight excluding hydrogens is 265 g/mol. The Hall–Kier alpha value is -1.88. The van der Waals surface area contributed by atoms with E-state index in [1.165, 1.54) is 12.1 Å². The van der Waals surface area contributed by atoms with Gasteiger partial charge in [-0.3, -0.25) is 0 Å². The van der Waals surface area contributed by atoms with Crippen LogP contribution < -0.4 is 5.32 Å². The number of rotatable bonds is 5. The van der Waals surface area contributed by atoms with Crippen LogP contribution in [-0.4, -0.2) is 15.0 Å². The zero-order chi connectivity index (χ0) is 13.7. The summed E-state index contributed by atoms with van der Waals surface area (Å²) in [6, 6.07) is 15.6. The molecule has 19 heavy (non-hydrogen) atoms. The van der Waals surface area contributed by atoms with Crippen LogP contribution in [0.4, 0.5) is 9.57 Å². The maximum Gasteiger partial charge on any atom is 0.332 e. The molecule has 0 radical (unpaired) electrons. The van der Waals surface area contributed by atoms with Crippen LogP contribution in [0, 0.1) is 0 Å². The Kier molecular flexibility index (Phi) is 4.16. The van der Waals surface area contributed by atoms with Crippen LogP contribution in [0.15, 0.2) is 59.5 Å². The van der Waals surface area contributed by atoms with E-state index in [1.807, 2.05) is 30.3 Å². The van der Waals surface area contributed by atoms with Gasteiger partial charge in [-0.15, -0.1) is 3.89 Å². The van der Waals surface area contributed by atoms with Gasteiger partial charge in [0.2, 0.25) is 0 Å². The highest BCUT2D eigenvalue weighted by molar-refractivity contribution is 7.86. The molecule has 3 nitrogen and oxygen atoms in total. The molecule has 0 bridgehead atoms. The fraction of sp³-hybridized carbons (Fsp3) is 0.143. The van der Waals surface area contributed by atoms with Crippen molar-refractivity contribution < 1.29 is 12.3 Å².